The minimum atomic E-state index is -0.845. The van der Waals surface area contributed by atoms with Crippen molar-refractivity contribution >= 4 is 5.97 Å². The van der Waals surface area contributed by atoms with E-state index in [9.17, 15) is 4.79 Å². The minimum Gasteiger partial charge on any atom is -0.481 e. The van der Waals surface area contributed by atoms with E-state index in [1.165, 1.54) is 24.0 Å². The lowest BCUT2D eigenvalue weighted by atomic mass is 10.00. The van der Waals surface area contributed by atoms with Crippen molar-refractivity contribution in [3.63, 3.8) is 0 Å². The summed E-state index contributed by atoms with van der Waals surface area (Å²) in [5.74, 6) is -0.845. The lowest BCUT2D eigenvalue weighted by Crippen LogP contribution is -2.18. The Morgan fingerprint density at radius 2 is 2.11 bits per heavy atom. The Morgan fingerprint density at radius 3 is 2.78 bits per heavy atom. The number of carboxylic acid groups (broad SMARTS) is 1. The van der Waals surface area contributed by atoms with E-state index in [2.05, 4.69) is 17.0 Å². The predicted molar refractivity (Wildman–Crippen MR) is 67.9 cm³/mol. The van der Waals surface area contributed by atoms with Gasteiger partial charge in [0.2, 0.25) is 0 Å². The molecule has 1 unspecified atom stereocenters. The van der Waals surface area contributed by atoms with Gasteiger partial charge < -0.3 is 10.8 Å². The van der Waals surface area contributed by atoms with Crippen LogP contribution >= 0.6 is 0 Å². The molecule has 1 aliphatic carbocycles. The molecular weight excluding hydrogens is 228 g/mol. The highest BCUT2D eigenvalue weighted by molar-refractivity contribution is 5.67. The Morgan fingerprint density at radius 1 is 1.39 bits per heavy atom. The highest BCUT2D eigenvalue weighted by atomic mass is 16.4. The van der Waals surface area contributed by atoms with E-state index in [0.29, 0.717) is 0 Å². The van der Waals surface area contributed by atoms with Gasteiger partial charge in [-0.25, -0.2) is 0 Å². The van der Waals surface area contributed by atoms with Crippen LogP contribution in [-0.4, -0.2) is 22.0 Å². The predicted octanol–water partition coefficient (Wildman–Crippen LogP) is 1.64. The highest BCUT2D eigenvalue weighted by Gasteiger charge is 2.33. The first-order valence-electron chi connectivity index (χ1n) is 6.46. The van der Waals surface area contributed by atoms with Crippen LogP contribution in [0.25, 0.3) is 0 Å². The number of carboxylic acids is 1. The standard InChI is InChI=1S/C14H18N2O2/c15-13(6-14(17)18)9-1-2-10-7-16(12-3-4-12)8-11(10)5-9/h1-2,5,12-13H,3-4,6-8,15H2,(H,17,18). The van der Waals surface area contributed by atoms with E-state index in [4.69, 9.17) is 10.8 Å². The van der Waals surface area contributed by atoms with Gasteiger partial charge in [0.05, 0.1) is 6.42 Å². The molecule has 4 nitrogen and oxygen atoms in total. The van der Waals surface area contributed by atoms with Gasteiger partial charge in [0.1, 0.15) is 0 Å². The molecule has 3 rings (SSSR count). The van der Waals surface area contributed by atoms with Crippen LogP contribution in [0, 0.1) is 0 Å². The maximum Gasteiger partial charge on any atom is 0.305 e. The molecule has 3 N–H and O–H groups in total. The third kappa shape index (κ3) is 2.26. The SMILES string of the molecule is NC(CC(=O)O)c1ccc2c(c1)CN(C1CC1)C2. The van der Waals surface area contributed by atoms with Gasteiger partial charge in [-0.05, 0) is 29.5 Å². The topological polar surface area (TPSA) is 66.6 Å². The lowest BCUT2D eigenvalue weighted by molar-refractivity contribution is -0.137. The Bertz CT molecular complexity index is 483. The molecule has 0 bridgehead atoms. The molecule has 1 saturated carbocycles. The van der Waals surface area contributed by atoms with Gasteiger partial charge in [-0.1, -0.05) is 18.2 Å². The molecule has 1 aromatic rings. The average molecular weight is 246 g/mol. The molecule has 1 heterocycles. The first-order valence-corrected chi connectivity index (χ1v) is 6.46. The van der Waals surface area contributed by atoms with Crippen LogP contribution in [0.5, 0.6) is 0 Å². The van der Waals surface area contributed by atoms with Crippen molar-refractivity contribution in [2.24, 2.45) is 5.73 Å². The third-order valence-corrected chi connectivity index (χ3v) is 3.86. The summed E-state index contributed by atoms with van der Waals surface area (Å²) >= 11 is 0. The number of hydrogen-bond donors (Lipinski definition) is 2. The molecule has 0 aromatic heterocycles. The van der Waals surface area contributed by atoms with E-state index < -0.39 is 12.0 Å². The van der Waals surface area contributed by atoms with Crippen LogP contribution in [0.2, 0.25) is 0 Å². The van der Waals surface area contributed by atoms with Crippen molar-refractivity contribution in [2.75, 3.05) is 0 Å². The molecule has 2 aliphatic rings. The van der Waals surface area contributed by atoms with Crippen LogP contribution in [0.4, 0.5) is 0 Å². The smallest absolute Gasteiger partial charge is 0.305 e. The Hall–Kier alpha value is -1.39. The molecule has 96 valence electrons. The number of carbonyl (C=O) groups is 1. The van der Waals surface area contributed by atoms with Crippen molar-refractivity contribution in [3.05, 3.63) is 34.9 Å². The first kappa shape index (κ1) is 11.7. The number of fused-ring (bicyclic) bond motifs is 1. The van der Waals surface area contributed by atoms with Gasteiger partial charge in [0.25, 0.3) is 0 Å². The number of nitrogens with two attached hydrogens (primary N) is 1. The lowest BCUT2D eigenvalue weighted by Gasteiger charge is -2.12. The molecule has 1 fully saturated rings. The summed E-state index contributed by atoms with van der Waals surface area (Å²) in [6, 6.07) is 6.54. The summed E-state index contributed by atoms with van der Waals surface area (Å²) in [5, 5.41) is 8.77. The zero-order valence-electron chi connectivity index (χ0n) is 10.3. The maximum atomic E-state index is 10.7. The number of benzene rings is 1. The van der Waals surface area contributed by atoms with Crippen LogP contribution < -0.4 is 5.73 Å². The van der Waals surface area contributed by atoms with Gasteiger partial charge in [0, 0.05) is 25.2 Å². The molecule has 0 radical (unpaired) electrons. The fourth-order valence-corrected chi connectivity index (χ4v) is 2.68. The molecule has 1 atom stereocenters. The fourth-order valence-electron chi connectivity index (χ4n) is 2.68. The Labute approximate surface area is 106 Å². The second-order valence-corrected chi connectivity index (χ2v) is 5.37. The third-order valence-electron chi connectivity index (χ3n) is 3.86. The molecule has 1 aliphatic heterocycles. The number of rotatable bonds is 4. The summed E-state index contributed by atoms with van der Waals surface area (Å²) in [7, 11) is 0. The molecule has 0 amide bonds. The molecule has 0 saturated heterocycles. The number of aliphatic carboxylic acids is 1. The van der Waals surface area contributed by atoms with Gasteiger partial charge >= 0.3 is 5.97 Å². The molecular formula is C14H18N2O2. The fraction of sp³-hybridized carbons (Fsp3) is 0.500. The van der Waals surface area contributed by atoms with Crippen molar-refractivity contribution in [3.8, 4) is 0 Å². The molecule has 1 aromatic carbocycles. The van der Waals surface area contributed by atoms with Crippen LogP contribution in [0.15, 0.2) is 18.2 Å². The number of nitrogens with zero attached hydrogens (tertiary/aromatic N) is 1. The second kappa shape index (κ2) is 4.37. The normalized spacial score (nSPS) is 20.7. The van der Waals surface area contributed by atoms with Gasteiger partial charge in [-0.15, -0.1) is 0 Å². The van der Waals surface area contributed by atoms with Crippen molar-refractivity contribution in [1.82, 2.24) is 4.90 Å². The van der Waals surface area contributed by atoms with Crippen molar-refractivity contribution < 1.29 is 9.90 Å². The van der Waals surface area contributed by atoms with Crippen LogP contribution in [0.1, 0.15) is 42.0 Å². The van der Waals surface area contributed by atoms with E-state index in [1.807, 2.05) is 6.07 Å². The summed E-state index contributed by atoms with van der Waals surface area (Å²) in [4.78, 5) is 13.2. The summed E-state index contributed by atoms with van der Waals surface area (Å²) in [6.07, 6.45) is 2.63. The zero-order valence-corrected chi connectivity index (χ0v) is 10.3. The van der Waals surface area contributed by atoms with E-state index in [1.54, 1.807) is 0 Å². The summed E-state index contributed by atoms with van der Waals surface area (Å²) < 4.78 is 0. The van der Waals surface area contributed by atoms with E-state index in [-0.39, 0.29) is 6.42 Å². The van der Waals surface area contributed by atoms with Gasteiger partial charge in [0.15, 0.2) is 0 Å². The summed E-state index contributed by atoms with van der Waals surface area (Å²) in [5.41, 5.74) is 9.53. The summed E-state index contributed by atoms with van der Waals surface area (Å²) in [6.45, 7) is 2.03. The zero-order chi connectivity index (χ0) is 12.7. The quantitative estimate of drug-likeness (QED) is 0.847. The van der Waals surface area contributed by atoms with Gasteiger partial charge in [-0.3, -0.25) is 9.69 Å². The van der Waals surface area contributed by atoms with Crippen molar-refractivity contribution in [2.45, 2.75) is 44.4 Å². The Kier molecular flexibility index (Phi) is 2.84. The Balaban J connectivity index is 1.76. The number of hydrogen-bond acceptors (Lipinski definition) is 3. The second-order valence-electron chi connectivity index (χ2n) is 5.37. The molecule has 4 heteroatoms. The maximum absolute atomic E-state index is 10.7. The first-order chi connectivity index (χ1) is 8.63. The van der Waals surface area contributed by atoms with Crippen molar-refractivity contribution in [1.29, 1.82) is 0 Å². The molecule has 18 heavy (non-hydrogen) atoms. The molecule has 0 spiro atoms. The minimum absolute atomic E-state index is 0.00880. The van der Waals surface area contributed by atoms with E-state index >= 15 is 0 Å². The van der Waals surface area contributed by atoms with E-state index in [0.717, 1.165) is 24.7 Å². The average Bonchev–Trinajstić information content (AvgIpc) is 3.07. The largest absolute Gasteiger partial charge is 0.481 e. The highest BCUT2D eigenvalue weighted by Crippen LogP contribution is 2.35. The van der Waals surface area contributed by atoms with Crippen LogP contribution in [0.3, 0.4) is 0 Å². The van der Waals surface area contributed by atoms with Crippen LogP contribution in [-0.2, 0) is 17.9 Å². The van der Waals surface area contributed by atoms with Gasteiger partial charge in [-0.2, -0.15) is 0 Å². The monoisotopic (exact) mass is 246 g/mol.